The Hall–Kier alpha value is -2.51. The smallest absolute Gasteiger partial charge is 0.325 e. The highest BCUT2D eigenvalue weighted by atomic mass is 19.1. The Morgan fingerprint density at radius 1 is 1.11 bits per heavy atom. The van der Waals surface area contributed by atoms with Gasteiger partial charge < -0.3 is 14.6 Å². The highest BCUT2D eigenvalue weighted by molar-refractivity contribution is 5.77. The number of unbranched alkanes of at least 4 members (excludes halogenated alkanes) is 1. The lowest BCUT2D eigenvalue weighted by Gasteiger charge is -2.26. The van der Waals surface area contributed by atoms with Gasteiger partial charge in [-0.25, -0.2) is 4.39 Å². The molecule has 6 nitrogen and oxygen atoms in total. The first-order valence-corrected chi connectivity index (χ1v) is 13.0. The number of aliphatic carboxylic acids is 1. The molecule has 188 valence electrons. The number of ether oxygens (including phenoxy) is 2. The SMILES string of the molecule is O=C(O)[C@H](c1ccccc1OC1CC1)N1C[C@@H](F)[C@@H](OCCCCc2ccc3c(n2)CCCC3)C1. The number of likely N-dealkylation sites (tertiary alicyclic amines) is 1. The zero-order chi connectivity index (χ0) is 24.2. The molecule has 2 fully saturated rings. The Kier molecular flexibility index (Phi) is 7.63. The fourth-order valence-corrected chi connectivity index (χ4v) is 5.20. The van der Waals surface area contributed by atoms with Crippen molar-refractivity contribution in [3.63, 3.8) is 0 Å². The summed E-state index contributed by atoms with van der Waals surface area (Å²) in [6.07, 6.45) is 7.66. The van der Waals surface area contributed by atoms with Gasteiger partial charge in [0.15, 0.2) is 0 Å². The minimum absolute atomic E-state index is 0.0401. The number of hydrogen-bond acceptors (Lipinski definition) is 5. The van der Waals surface area contributed by atoms with Gasteiger partial charge in [0.2, 0.25) is 0 Å². The van der Waals surface area contributed by atoms with Crippen LogP contribution in [0.2, 0.25) is 0 Å². The number of alkyl halides is 1. The van der Waals surface area contributed by atoms with Crippen LogP contribution in [0.3, 0.4) is 0 Å². The molecule has 2 aliphatic carbocycles. The van der Waals surface area contributed by atoms with E-state index in [1.165, 1.54) is 24.1 Å². The lowest BCUT2D eigenvalue weighted by atomic mass is 9.95. The lowest BCUT2D eigenvalue weighted by molar-refractivity contribution is -0.143. The topological polar surface area (TPSA) is 71.9 Å². The van der Waals surface area contributed by atoms with Crippen LogP contribution < -0.4 is 4.74 Å². The third kappa shape index (κ3) is 6.01. The first kappa shape index (κ1) is 24.2. The van der Waals surface area contributed by atoms with Gasteiger partial charge in [0.05, 0.1) is 6.10 Å². The first-order valence-electron chi connectivity index (χ1n) is 13.0. The molecular formula is C28H35FN2O4. The average molecular weight is 483 g/mol. The number of pyridine rings is 1. The fraction of sp³-hybridized carbons (Fsp3) is 0.571. The number of benzene rings is 1. The van der Waals surface area contributed by atoms with Crippen LogP contribution in [0, 0.1) is 0 Å². The molecule has 2 aromatic rings. The van der Waals surface area contributed by atoms with E-state index >= 15 is 0 Å². The largest absolute Gasteiger partial charge is 0.490 e. The molecule has 2 heterocycles. The van der Waals surface area contributed by atoms with Crippen molar-refractivity contribution in [2.24, 2.45) is 0 Å². The van der Waals surface area contributed by atoms with Crippen LogP contribution in [0.5, 0.6) is 5.75 Å². The molecule has 0 spiro atoms. The van der Waals surface area contributed by atoms with Crippen molar-refractivity contribution in [2.45, 2.75) is 82.2 Å². The summed E-state index contributed by atoms with van der Waals surface area (Å²) in [5.41, 5.74) is 4.35. The van der Waals surface area contributed by atoms with E-state index in [-0.39, 0.29) is 19.2 Å². The van der Waals surface area contributed by atoms with Crippen LogP contribution in [0.1, 0.15) is 67.1 Å². The summed E-state index contributed by atoms with van der Waals surface area (Å²) in [5, 5.41) is 10.00. The van der Waals surface area contributed by atoms with Gasteiger partial charge >= 0.3 is 5.97 Å². The van der Waals surface area contributed by atoms with Crippen molar-refractivity contribution < 1.29 is 23.8 Å². The third-order valence-electron chi connectivity index (χ3n) is 7.25. The Balaban J connectivity index is 1.12. The number of aryl methyl sites for hydroxylation is 3. The predicted molar refractivity (Wildman–Crippen MR) is 130 cm³/mol. The van der Waals surface area contributed by atoms with E-state index in [9.17, 15) is 14.3 Å². The van der Waals surface area contributed by atoms with Crippen molar-refractivity contribution in [1.29, 1.82) is 0 Å². The minimum atomic E-state index is -1.21. The maximum Gasteiger partial charge on any atom is 0.325 e. The average Bonchev–Trinajstić information content (AvgIpc) is 3.60. The number of carboxylic acids is 1. The highest BCUT2D eigenvalue weighted by Gasteiger charge is 2.41. The maximum absolute atomic E-state index is 14.8. The molecule has 0 bridgehead atoms. The number of hydrogen-bond donors (Lipinski definition) is 1. The first-order chi connectivity index (χ1) is 17.1. The lowest BCUT2D eigenvalue weighted by Crippen LogP contribution is -2.34. The van der Waals surface area contributed by atoms with Crippen molar-refractivity contribution >= 4 is 5.97 Å². The maximum atomic E-state index is 14.8. The van der Waals surface area contributed by atoms with Gasteiger partial charge in [-0.1, -0.05) is 24.3 Å². The molecule has 1 aliphatic heterocycles. The molecule has 5 rings (SSSR count). The van der Waals surface area contributed by atoms with Crippen LogP contribution in [0.4, 0.5) is 4.39 Å². The second-order valence-corrected chi connectivity index (χ2v) is 10.0. The monoisotopic (exact) mass is 482 g/mol. The Morgan fingerprint density at radius 2 is 1.94 bits per heavy atom. The Labute approximate surface area is 206 Å². The number of carbonyl (C=O) groups is 1. The van der Waals surface area contributed by atoms with Gasteiger partial charge in [-0.15, -0.1) is 0 Å². The molecule has 0 amide bonds. The molecule has 35 heavy (non-hydrogen) atoms. The molecule has 1 aromatic heterocycles. The van der Waals surface area contributed by atoms with Crippen LogP contribution in [-0.4, -0.2) is 59.0 Å². The van der Waals surface area contributed by atoms with E-state index < -0.39 is 24.3 Å². The summed E-state index contributed by atoms with van der Waals surface area (Å²) < 4.78 is 26.7. The fourth-order valence-electron chi connectivity index (χ4n) is 5.20. The number of para-hydroxylation sites is 1. The van der Waals surface area contributed by atoms with Crippen molar-refractivity contribution in [3.8, 4) is 5.75 Å². The summed E-state index contributed by atoms with van der Waals surface area (Å²) in [6.45, 7) is 0.754. The van der Waals surface area contributed by atoms with Crippen molar-refractivity contribution in [3.05, 3.63) is 58.9 Å². The normalized spacial score (nSPS) is 23.1. The molecule has 1 saturated heterocycles. The number of carboxylic acid groups (broad SMARTS) is 1. The molecule has 1 N–H and O–H groups in total. The van der Waals surface area contributed by atoms with Gasteiger partial charge in [-0.2, -0.15) is 0 Å². The van der Waals surface area contributed by atoms with Gasteiger partial charge in [0, 0.05) is 36.6 Å². The molecule has 1 saturated carbocycles. The number of aromatic nitrogens is 1. The Morgan fingerprint density at radius 3 is 2.77 bits per heavy atom. The summed E-state index contributed by atoms with van der Waals surface area (Å²) in [4.78, 5) is 18.7. The number of halogens is 1. The predicted octanol–water partition coefficient (Wildman–Crippen LogP) is 4.69. The van der Waals surface area contributed by atoms with Gasteiger partial charge in [-0.05, 0) is 75.5 Å². The summed E-state index contributed by atoms with van der Waals surface area (Å²) >= 11 is 0. The van der Waals surface area contributed by atoms with Crippen LogP contribution in [0.15, 0.2) is 36.4 Å². The summed E-state index contributed by atoms with van der Waals surface area (Å²) in [7, 11) is 0. The van der Waals surface area contributed by atoms with Crippen LogP contribution >= 0.6 is 0 Å². The van der Waals surface area contributed by atoms with Gasteiger partial charge in [0.1, 0.15) is 24.1 Å². The van der Waals surface area contributed by atoms with Gasteiger partial charge in [0.25, 0.3) is 0 Å². The van der Waals surface area contributed by atoms with Crippen LogP contribution in [0.25, 0.3) is 0 Å². The highest BCUT2D eigenvalue weighted by Crippen LogP contribution is 2.36. The second kappa shape index (κ2) is 11.0. The number of nitrogens with zero attached hydrogens (tertiary/aromatic N) is 2. The summed E-state index contributed by atoms with van der Waals surface area (Å²) in [6, 6.07) is 10.6. The molecule has 0 unspecified atom stereocenters. The molecule has 1 aromatic carbocycles. The summed E-state index contributed by atoms with van der Waals surface area (Å²) in [5.74, 6) is -0.416. The zero-order valence-corrected chi connectivity index (χ0v) is 20.2. The number of rotatable bonds is 11. The van der Waals surface area contributed by atoms with Crippen molar-refractivity contribution in [2.75, 3.05) is 19.7 Å². The molecule has 7 heteroatoms. The molecule has 3 aliphatic rings. The molecule has 0 radical (unpaired) electrons. The van der Waals surface area contributed by atoms with E-state index in [1.54, 1.807) is 23.1 Å². The van der Waals surface area contributed by atoms with E-state index in [0.29, 0.717) is 17.9 Å². The quantitative estimate of drug-likeness (QED) is 0.469. The number of fused-ring (bicyclic) bond motifs is 1. The van der Waals surface area contributed by atoms with E-state index in [2.05, 4.69) is 12.1 Å². The molecular weight excluding hydrogens is 447 g/mol. The van der Waals surface area contributed by atoms with Crippen LogP contribution in [-0.2, 0) is 28.8 Å². The molecule has 3 atom stereocenters. The second-order valence-electron chi connectivity index (χ2n) is 10.0. The van der Waals surface area contributed by atoms with E-state index in [4.69, 9.17) is 14.5 Å². The van der Waals surface area contributed by atoms with Crippen molar-refractivity contribution in [1.82, 2.24) is 9.88 Å². The Bertz CT molecular complexity index is 1030. The van der Waals surface area contributed by atoms with Gasteiger partial charge in [-0.3, -0.25) is 14.7 Å². The zero-order valence-electron chi connectivity index (χ0n) is 20.2. The standard InChI is InChI=1S/C28H35FN2O4/c29-23-17-31(27(28(32)33)22-9-2-4-11-25(22)35-21-14-15-21)18-26(23)34-16-6-5-8-20-13-12-19-7-1-3-10-24(19)30-20/h2,4,9,11-13,21,23,26-27H,1,3,5-8,10,14-18H2,(H,32,33)/t23-,26+,27+/m1/s1. The third-order valence-corrected chi connectivity index (χ3v) is 7.25. The minimum Gasteiger partial charge on any atom is -0.490 e. The van der Waals surface area contributed by atoms with E-state index in [1.807, 2.05) is 6.07 Å². The van der Waals surface area contributed by atoms with E-state index in [0.717, 1.165) is 50.6 Å².